The van der Waals surface area contributed by atoms with Crippen LogP contribution in [-0.2, 0) is 0 Å². The Labute approximate surface area is 114 Å². The number of nitrogens with zero attached hydrogens (tertiary/aromatic N) is 2. The van der Waals surface area contributed by atoms with E-state index < -0.39 is 5.91 Å². The lowest BCUT2D eigenvalue weighted by molar-refractivity contribution is 0.0995. The van der Waals surface area contributed by atoms with Crippen LogP contribution < -0.4 is 16.4 Å². The maximum Gasteiger partial charge on any atom is 0.267 e. The van der Waals surface area contributed by atoms with Crippen LogP contribution in [0.4, 0.5) is 11.5 Å². The van der Waals surface area contributed by atoms with Gasteiger partial charge in [0.15, 0.2) is 5.82 Å². The van der Waals surface area contributed by atoms with Crippen LogP contribution in [0.3, 0.4) is 0 Å². The van der Waals surface area contributed by atoms with Gasteiger partial charge in [-0.2, -0.15) is 0 Å². The van der Waals surface area contributed by atoms with Crippen molar-refractivity contribution in [3.05, 3.63) is 17.8 Å². The summed E-state index contributed by atoms with van der Waals surface area (Å²) in [4.78, 5) is 17.6. The molecule has 1 amide bonds. The first-order valence-electron chi connectivity index (χ1n) is 6.76. The van der Waals surface area contributed by atoms with E-state index in [0.717, 1.165) is 25.9 Å². The van der Waals surface area contributed by atoms with Crippen LogP contribution >= 0.6 is 0 Å². The Bertz CT molecular complexity index is 478. The molecule has 0 radical (unpaired) electrons. The third-order valence-electron chi connectivity index (χ3n) is 4.28. The predicted octanol–water partition coefficient (Wildman–Crippen LogP) is 1.78. The number of aromatic nitrogens is 1. The summed E-state index contributed by atoms with van der Waals surface area (Å²) in [5, 5.41) is 0. The molecule has 1 aromatic rings. The van der Waals surface area contributed by atoms with Crippen LogP contribution in [0.2, 0.25) is 0 Å². The second kappa shape index (κ2) is 5.07. The standard InChI is InChI=1S/C14H22N4O/c1-3-14(2)6-8-18(9-7-14)13-10(15)4-5-11(17-13)12(16)19/h4-5H,3,6-9,15H2,1-2H3,(H2,16,19). The molecular formula is C14H22N4O. The predicted molar refractivity (Wildman–Crippen MR) is 77.0 cm³/mol. The molecule has 1 aromatic heterocycles. The number of rotatable bonds is 3. The highest BCUT2D eigenvalue weighted by molar-refractivity contribution is 5.91. The second-order valence-electron chi connectivity index (χ2n) is 5.62. The number of nitrogens with two attached hydrogens (primary N) is 2. The second-order valence-corrected chi connectivity index (χ2v) is 5.62. The molecular weight excluding hydrogens is 240 g/mol. The molecule has 104 valence electrons. The minimum absolute atomic E-state index is 0.271. The minimum atomic E-state index is -0.517. The molecule has 1 aliphatic rings. The first-order chi connectivity index (χ1) is 8.95. The molecule has 4 N–H and O–H groups in total. The van der Waals surface area contributed by atoms with Gasteiger partial charge in [-0.15, -0.1) is 0 Å². The van der Waals surface area contributed by atoms with Crippen LogP contribution in [0.25, 0.3) is 0 Å². The summed E-state index contributed by atoms with van der Waals surface area (Å²) in [6.45, 7) is 6.39. The molecule has 5 heteroatoms. The molecule has 0 atom stereocenters. The molecule has 19 heavy (non-hydrogen) atoms. The number of nitrogen functional groups attached to an aromatic ring is 1. The number of amides is 1. The molecule has 1 saturated heterocycles. The van der Waals surface area contributed by atoms with Gasteiger partial charge in [0.05, 0.1) is 5.69 Å². The van der Waals surface area contributed by atoms with Gasteiger partial charge >= 0.3 is 0 Å². The van der Waals surface area contributed by atoms with Gasteiger partial charge in [0.1, 0.15) is 5.69 Å². The third kappa shape index (κ3) is 2.80. The van der Waals surface area contributed by atoms with Crippen LogP contribution in [0.5, 0.6) is 0 Å². The normalized spacial score (nSPS) is 18.3. The zero-order valence-corrected chi connectivity index (χ0v) is 11.6. The summed E-state index contributed by atoms with van der Waals surface area (Å²) >= 11 is 0. The Morgan fingerprint density at radius 2 is 2.05 bits per heavy atom. The fourth-order valence-corrected chi connectivity index (χ4v) is 2.46. The Morgan fingerprint density at radius 1 is 1.42 bits per heavy atom. The fourth-order valence-electron chi connectivity index (χ4n) is 2.46. The lowest BCUT2D eigenvalue weighted by Crippen LogP contribution is -2.39. The molecule has 0 aliphatic carbocycles. The number of piperidine rings is 1. The topological polar surface area (TPSA) is 85.2 Å². The fraction of sp³-hybridized carbons (Fsp3) is 0.571. The van der Waals surface area contributed by atoms with Gasteiger partial charge < -0.3 is 16.4 Å². The highest BCUT2D eigenvalue weighted by atomic mass is 16.1. The van der Waals surface area contributed by atoms with Gasteiger partial charge in [-0.3, -0.25) is 4.79 Å². The van der Waals surface area contributed by atoms with Gasteiger partial charge in [-0.05, 0) is 30.4 Å². The molecule has 1 aliphatic heterocycles. The maximum absolute atomic E-state index is 11.2. The van der Waals surface area contributed by atoms with E-state index in [1.54, 1.807) is 12.1 Å². The average molecular weight is 262 g/mol. The monoisotopic (exact) mass is 262 g/mol. The number of hydrogen-bond acceptors (Lipinski definition) is 4. The summed E-state index contributed by atoms with van der Waals surface area (Å²) < 4.78 is 0. The van der Waals surface area contributed by atoms with E-state index in [9.17, 15) is 4.79 Å². The van der Waals surface area contributed by atoms with Crippen molar-refractivity contribution in [3.8, 4) is 0 Å². The molecule has 1 fully saturated rings. The van der Waals surface area contributed by atoms with E-state index in [0.29, 0.717) is 16.9 Å². The van der Waals surface area contributed by atoms with Crippen molar-refractivity contribution in [1.29, 1.82) is 0 Å². The van der Waals surface area contributed by atoms with Crippen LogP contribution in [-0.4, -0.2) is 24.0 Å². The third-order valence-corrected chi connectivity index (χ3v) is 4.28. The van der Waals surface area contributed by atoms with E-state index in [2.05, 4.69) is 23.7 Å². The largest absolute Gasteiger partial charge is 0.396 e. The van der Waals surface area contributed by atoms with Crippen molar-refractivity contribution in [2.24, 2.45) is 11.1 Å². The van der Waals surface area contributed by atoms with Gasteiger partial charge in [0, 0.05) is 13.1 Å². The molecule has 0 bridgehead atoms. The Morgan fingerprint density at radius 3 is 2.58 bits per heavy atom. The van der Waals surface area contributed by atoms with E-state index >= 15 is 0 Å². The smallest absolute Gasteiger partial charge is 0.267 e. The Hall–Kier alpha value is -1.78. The van der Waals surface area contributed by atoms with Crippen molar-refractivity contribution in [1.82, 2.24) is 4.98 Å². The molecule has 2 heterocycles. The number of pyridine rings is 1. The number of primary amides is 1. The summed E-state index contributed by atoms with van der Waals surface area (Å²) in [6, 6.07) is 3.28. The van der Waals surface area contributed by atoms with Crippen LogP contribution in [0.15, 0.2) is 12.1 Å². The molecule has 0 saturated carbocycles. The van der Waals surface area contributed by atoms with Crippen molar-refractivity contribution in [2.75, 3.05) is 23.7 Å². The highest BCUT2D eigenvalue weighted by Gasteiger charge is 2.29. The average Bonchev–Trinajstić information content (AvgIpc) is 2.40. The summed E-state index contributed by atoms with van der Waals surface area (Å²) in [5.41, 5.74) is 12.5. The van der Waals surface area contributed by atoms with Crippen molar-refractivity contribution in [2.45, 2.75) is 33.1 Å². The van der Waals surface area contributed by atoms with Crippen molar-refractivity contribution >= 4 is 17.4 Å². The van der Waals surface area contributed by atoms with E-state index in [1.807, 2.05) is 0 Å². The number of hydrogen-bond donors (Lipinski definition) is 2. The van der Waals surface area contributed by atoms with E-state index in [4.69, 9.17) is 11.5 Å². The molecule has 0 unspecified atom stereocenters. The van der Waals surface area contributed by atoms with Gasteiger partial charge in [-0.1, -0.05) is 20.3 Å². The number of carbonyl (C=O) groups excluding carboxylic acids is 1. The number of anilines is 2. The first kappa shape index (κ1) is 13.6. The van der Waals surface area contributed by atoms with Crippen molar-refractivity contribution in [3.63, 3.8) is 0 Å². The SMILES string of the molecule is CCC1(C)CCN(c2nc(C(N)=O)ccc2N)CC1. The van der Waals surface area contributed by atoms with Crippen LogP contribution in [0, 0.1) is 5.41 Å². The zero-order valence-electron chi connectivity index (χ0n) is 11.6. The van der Waals surface area contributed by atoms with Crippen LogP contribution in [0.1, 0.15) is 43.6 Å². The quantitative estimate of drug-likeness (QED) is 0.869. The lowest BCUT2D eigenvalue weighted by atomic mass is 9.78. The molecule has 0 aromatic carbocycles. The number of carbonyl (C=O) groups is 1. The molecule has 0 spiro atoms. The Balaban J connectivity index is 2.19. The summed E-state index contributed by atoms with van der Waals surface area (Å²) in [6.07, 6.45) is 3.42. The van der Waals surface area contributed by atoms with Gasteiger partial charge in [-0.25, -0.2) is 4.98 Å². The first-order valence-corrected chi connectivity index (χ1v) is 6.76. The maximum atomic E-state index is 11.2. The summed E-state index contributed by atoms with van der Waals surface area (Å²) in [7, 11) is 0. The lowest BCUT2D eigenvalue weighted by Gasteiger charge is -2.39. The zero-order chi connectivity index (χ0) is 14.0. The summed E-state index contributed by atoms with van der Waals surface area (Å²) in [5.74, 6) is 0.172. The van der Waals surface area contributed by atoms with Crippen molar-refractivity contribution < 1.29 is 4.79 Å². The highest BCUT2D eigenvalue weighted by Crippen LogP contribution is 2.36. The van der Waals surface area contributed by atoms with Gasteiger partial charge in [0.2, 0.25) is 0 Å². The Kier molecular flexibility index (Phi) is 3.64. The van der Waals surface area contributed by atoms with Gasteiger partial charge in [0.25, 0.3) is 5.91 Å². The molecule has 2 rings (SSSR count). The van der Waals surface area contributed by atoms with E-state index in [1.165, 1.54) is 6.42 Å². The minimum Gasteiger partial charge on any atom is -0.396 e. The van der Waals surface area contributed by atoms with E-state index in [-0.39, 0.29) is 5.69 Å². The molecule has 5 nitrogen and oxygen atoms in total.